The molecule has 0 fully saturated rings. The van der Waals surface area contributed by atoms with Gasteiger partial charge in [-0.15, -0.1) is 0 Å². The molecule has 150 valence electrons. The standard InChI is InChI=1S/C19H12ClF4N3OS/c20-14-9-25-18(29-10-11-4-1-2-7-15(11)21)27-16(14)17(28)26-13-6-3-5-12(8-13)19(22,23)24/h1-9H,10H2,(H,26,28). The summed E-state index contributed by atoms with van der Waals surface area (Å²) in [4.78, 5) is 20.5. The van der Waals surface area contributed by atoms with E-state index in [1.54, 1.807) is 18.2 Å². The summed E-state index contributed by atoms with van der Waals surface area (Å²) in [7, 11) is 0. The van der Waals surface area contributed by atoms with E-state index < -0.39 is 17.6 Å². The zero-order chi connectivity index (χ0) is 21.0. The molecule has 0 atom stereocenters. The Balaban J connectivity index is 1.75. The number of hydrogen-bond acceptors (Lipinski definition) is 4. The predicted octanol–water partition coefficient (Wildman–Crippen LogP) is 5.83. The van der Waals surface area contributed by atoms with Crippen molar-refractivity contribution in [3.05, 3.63) is 82.4 Å². The molecule has 0 aliphatic carbocycles. The van der Waals surface area contributed by atoms with Gasteiger partial charge in [-0.3, -0.25) is 4.79 Å². The molecule has 0 radical (unpaired) electrons. The Labute approximate surface area is 172 Å². The number of rotatable bonds is 5. The van der Waals surface area contributed by atoms with Gasteiger partial charge in [-0.1, -0.05) is 47.6 Å². The van der Waals surface area contributed by atoms with Crippen molar-refractivity contribution in [3.63, 3.8) is 0 Å². The molecular weight excluding hydrogens is 430 g/mol. The first-order valence-corrected chi connectivity index (χ1v) is 9.48. The van der Waals surface area contributed by atoms with E-state index in [4.69, 9.17) is 11.6 Å². The maximum absolute atomic E-state index is 13.7. The molecule has 1 N–H and O–H groups in total. The molecule has 0 aliphatic heterocycles. The quantitative estimate of drug-likeness (QED) is 0.307. The fraction of sp³-hybridized carbons (Fsp3) is 0.105. The van der Waals surface area contributed by atoms with Crippen LogP contribution in [0, 0.1) is 5.82 Å². The van der Waals surface area contributed by atoms with Crippen LogP contribution in [0.2, 0.25) is 5.02 Å². The normalized spacial score (nSPS) is 11.3. The van der Waals surface area contributed by atoms with Crippen molar-refractivity contribution in [1.82, 2.24) is 9.97 Å². The lowest BCUT2D eigenvalue weighted by Crippen LogP contribution is -2.16. The summed E-state index contributed by atoms with van der Waals surface area (Å²) in [5, 5.41) is 2.45. The van der Waals surface area contributed by atoms with Gasteiger partial charge in [0.2, 0.25) is 0 Å². The smallest absolute Gasteiger partial charge is 0.321 e. The van der Waals surface area contributed by atoms with Gasteiger partial charge in [0.25, 0.3) is 5.91 Å². The number of halogens is 5. The summed E-state index contributed by atoms with van der Waals surface area (Å²) in [5.41, 5.74) is -0.716. The van der Waals surface area contributed by atoms with E-state index in [0.29, 0.717) is 5.56 Å². The molecule has 1 heterocycles. The molecule has 0 saturated heterocycles. The Kier molecular flexibility index (Phi) is 6.39. The van der Waals surface area contributed by atoms with Gasteiger partial charge in [0, 0.05) is 11.4 Å². The molecule has 4 nitrogen and oxygen atoms in total. The lowest BCUT2D eigenvalue weighted by molar-refractivity contribution is -0.137. The minimum Gasteiger partial charge on any atom is -0.321 e. The number of carbonyl (C=O) groups excluding carboxylic acids is 1. The van der Waals surface area contributed by atoms with Crippen LogP contribution in [0.25, 0.3) is 0 Å². The first kappa shape index (κ1) is 21.1. The second-order valence-electron chi connectivity index (χ2n) is 5.76. The first-order chi connectivity index (χ1) is 13.7. The number of thioether (sulfide) groups is 1. The van der Waals surface area contributed by atoms with Gasteiger partial charge in [0.1, 0.15) is 5.82 Å². The van der Waals surface area contributed by atoms with Gasteiger partial charge in [0.05, 0.1) is 16.8 Å². The predicted molar refractivity (Wildman–Crippen MR) is 102 cm³/mol. The monoisotopic (exact) mass is 441 g/mol. The zero-order valence-electron chi connectivity index (χ0n) is 14.5. The molecule has 2 aromatic carbocycles. The Morgan fingerprint density at radius 3 is 2.62 bits per heavy atom. The van der Waals surface area contributed by atoms with Crippen LogP contribution in [0.1, 0.15) is 21.6 Å². The largest absolute Gasteiger partial charge is 0.416 e. The van der Waals surface area contributed by atoms with E-state index in [1.807, 2.05) is 0 Å². The fourth-order valence-electron chi connectivity index (χ4n) is 2.30. The highest BCUT2D eigenvalue weighted by molar-refractivity contribution is 7.98. The number of alkyl halides is 3. The third-order valence-corrected chi connectivity index (χ3v) is 4.89. The van der Waals surface area contributed by atoms with Crippen molar-refractivity contribution >= 4 is 35.0 Å². The number of benzene rings is 2. The minimum absolute atomic E-state index is 0.0555. The average Bonchev–Trinajstić information content (AvgIpc) is 2.68. The number of amides is 1. The third kappa shape index (κ3) is 5.45. The molecule has 0 aliphatic rings. The first-order valence-electron chi connectivity index (χ1n) is 8.11. The number of aromatic nitrogens is 2. The second-order valence-corrected chi connectivity index (χ2v) is 7.11. The Hall–Kier alpha value is -2.65. The molecule has 0 unspecified atom stereocenters. The number of nitrogens with zero attached hydrogens (tertiary/aromatic N) is 2. The topological polar surface area (TPSA) is 54.9 Å². The van der Waals surface area contributed by atoms with Crippen LogP contribution < -0.4 is 5.32 Å². The van der Waals surface area contributed by atoms with Crippen LogP contribution in [0.15, 0.2) is 59.9 Å². The third-order valence-electron chi connectivity index (χ3n) is 3.70. The van der Waals surface area contributed by atoms with Crippen molar-refractivity contribution < 1.29 is 22.4 Å². The van der Waals surface area contributed by atoms with Gasteiger partial charge in [-0.2, -0.15) is 13.2 Å². The highest BCUT2D eigenvalue weighted by Gasteiger charge is 2.30. The van der Waals surface area contributed by atoms with Crippen molar-refractivity contribution in [3.8, 4) is 0 Å². The highest BCUT2D eigenvalue weighted by Crippen LogP contribution is 2.31. The highest BCUT2D eigenvalue weighted by atomic mass is 35.5. The van der Waals surface area contributed by atoms with E-state index in [0.717, 1.165) is 23.9 Å². The molecule has 10 heteroatoms. The summed E-state index contributed by atoms with van der Waals surface area (Å²) < 4.78 is 52.1. The molecular formula is C19H12ClF4N3OS. The maximum Gasteiger partial charge on any atom is 0.416 e. The van der Waals surface area contributed by atoms with Crippen LogP contribution in [0.5, 0.6) is 0 Å². The molecule has 0 spiro atoms. The van der Waals surface area contributed by atoms with Gasteiger partial charge >= 0.3 is 6.18 Å². The van der Waals surface area contributed by atoms with Crippen molar-refractivity contribution in [2.24, 2.45) is 0 Å². The van der Waals surface area contributed by atoms with Gasteiger partial charge in [0.15, 0.2) is 10.9 Å². The lowest BCUT2D eigenvalue weighted by atomic mass is 10.2. The second kappa shape index (κ2) is 8.79. The molecule has 3 rings (SSSR count). The summed E-state index contributed by atoms with van der Waals surface area (Å²) in [6.07, 6.45) is -3.33. The van der Waals surface area contributed by atoms with Crippen LogP contribution >= 0.6 is 23.4 Å². The van der Waals surface area contributed by atoms with Gasteiger partial charge < -0.3 is 5.32 Å². The molecule has 0 bridgehead atoms. The Bertz CT molecular complexity index is 1050. The fourth-order valence-corrected chi connectivity index (χ4v) is 3.28. The van der Waals surface area contributed by atoms with E-state index >= 15 is 0 Å². The average molecular weight is 442 g/mol. The summed E-state index contributed by atoms with van der Waals surface area (Å²) in [6, 6.07) is 10.4. The van der Waals surface area contributed by atoms with Gasteiger partial charge in [-0.05, 0) is 29.8 Å². The SMILES string of the molecule is O=C(Nc1cccc(C(F)(F)F)c1)c1nc(SCc2ccccc2F)ncc1Cl. The zero-order valence-corrected chi connectivity index (χ0v) is 16.1. The molecule has 0 saturated carbocycles. The van der Waals surface area contributed by atoms with Crippen LogP contribution in [0.3, 0.4) is 0 Å². The van der Waals surface area contributed by atoms with E-state index in [1.165, 1.54) is 24.4 Å². The minimum atomic E-state index is -4.54. The molecule has 1 amide bonds. The number of carbonyl (C=O) groups is 1. The Morgan fingerprint density at radius 1 is 1.14 bits per heavy atom. The van der Waals surface area contributed by atoms with E-state index in [9.17, 15) is 22.4 Å². The van der Waals surface area contributed by atoms with Crippen molar-refractivity contribution in [2.75, 3.05) is 5.32 Å². The molecule has 29 heavy (non-hydrogen) atoms. The lowest BCUT2D eigenvalue weighted by Gasteiger charge is -2.10. The van der Waals surface area contributed by atoms with E-state index in [-0.39, 0.29) is 33.1 Å². The van der Waals surface area contributed by atoms with Crippen LogP contribution in [0.4, 0.5) is 23.2 Å². The summed E-state index contributed by atoms with van der Waals surface area (Å²) in [5.74, 6) is -0.941. The summed E-state index contributed by atoms with van der Waals surface area (Å²) in [6.45, 7) is 0. The molecule has 1 aromatic heterocycles. The number of anilines is 1. The van der Waals surface area contributed by atoms with Crippen molar-refractivity contribution in [1.29, 1.82) is 0 Å². The maximum atomic E-state index is 13.7. The van der Waals surface area contributed by atoms with Crippen molar-refractivity contribution in [2.45, 2.75) is 17.1 Å². The van der Waals surface area contributed by atoms with E-state index in [2.05, 4.69) is 15.3 Å². The molecule has 3 aromatic rings. The van der Waals surface area contributed by atoms with Crippen LogP contribution in [-0.4, -0.2) is 15.9 Å². The number of nitrogens with one attached hydrogen (secondary N) is 1. The Morgan fingerprint density at radius 2 is 1.90 bits per heavy atom. The summed E-state index contributed by atoms with van der Waals surface area (Å²) >= 11 is 7.06. The number of hydrogen-bond donors (Lipinski definition) is 1. The van der Waals surface area contributed by atoms with Crippen LogP contribution in [-0.2, 0) is 11.9 Å². The van der Waals surface area contributed by atoms with Gasteiger partial charge in [-0.25, -0.2) is 14.4 Å².